The molecule has 0 radical (unpaired) electrons. The zero-order valence-electron chi connectivity index (χ0n) is 14.0. The minimum atomic E-state index is -0.934. The molecule has 2 aromatic carbocycles. The largest absolute Gasteiger partial charge is 0.481 e. The topological polar surface area (TPSA) is 66.4 Å². The summed E-state index contributed by atoms with van der Waals surface area (Å²) in [5.74, 6) is -0.996. The van der Waals surface area contributed by atoms with Crippen molar-refractivity contribution in [3.8, 4) is 0 Å². The van der Waals surface area contributed by atoms with E-state index in [1.807, 2.05) is 68.4 Å². The van der Waals surface area contributed by atoms with Gasteiger partial charge in [0.25, 0.3) is 0 Å². The minimum Gasteiger partial charge on any atom is -0.481 e. The Morgan fingerprint density at radius 2 is 1.62 bits per heavy atom. The lowest BCUT2D eigenvalue weighted by Crippen LogP contribution is -2.31. The van der Waals surface area contributed by atoms with Crippen LogP contribution in [0.15, 0.2) is 54.6 Å². The van der Waals surface area contributed by atoms with Gasteiger partial charge in [0.1, 0.15) is 0 Å². The lowest BCUT2D eigenvalue weighted by Gasteiger charge is -2.20. The number of carboxylic acids is 1. The van der Waals surface area contributed by atoms with Gasteiger partial charge in [-0.05, 0) is 29.5 Å². The molecule has 0 saturated carbocycles. The molecule has 4 heteroatoms. The van der Waals surface area contributed by atoms with E-state index >= 15 is 0 Å². The molecule has 0 aliphatic rings. The quantitative estimate of drug-likeness (QED) is 0.813. The number of amides is 1. The van der Waals surface area contributed by atoms with Crippen molar-refractivity contribution < 1.29 is 14.7 Å². The van der Waals surface area contributed by atoms with E-state index in [1.54, 1.807) is 0 Å². The maximum Gasteiger partial charge on any atom is 0.305 e. The van der Waals surface area contributed by atoms with Crippen molar-refractivity contribution in [3.05, 3.63) is 71.3 Å². The predicted molar refractivity (Wildman–Crippen MR) is 93.8 cm³/mol. The molecule has 126 valence electrons. The predicted octanol–water partition coefficient (Wildman–Crippen LogP) is 3.82. The molecular weight excluding hydrogens is 302 g/mol. The summed E-state index contributed by atoms with van der Waals surface area (Å²) in [6.07, 6.45) is 0.197. The van der Waals surface area contributed by atoms with Gasteiger partial charge in [-0.25, -0.2) is 0 Å². The fourth-order valence-corrected chi connectivity index (χ4v) is 2.89. The first-order chi connectivity index (χ1) is 11.5. The van der Waals surface area contributed by atoms with E-state index in [4.69, 9.17) is 5.11 Å². The van der Waals surface area contributed by atoms with Crippen molar-refractivity contribution in [2.24, 2.45) is 0 Å². The van der Waals surface area contributed by atoms with E-state index in [0.29, 0.717) is 6.42 Å². The smallest absolute Gasteiger partial charge is 0.305 e. The molecule has 0 fully saturated rings. The zero-order chi connectivity index (χ0) is 17.5. The van der Waals surface area contributed by atoms with Crippen molar-refractivity contribution in [1.29, 1.82) is 0 Å². The first kappa shape index (κ1) is 17.7. The Bertz CT molecular complexity index is 697. The van der Waals surface area contributed by atoms with E-state index in [0.717, 1.165) is 16.7 Å². The number of rotatable bonds is 7. The zero-order valence-corrected chi connectivity index (χ0v) is 14.0. The third-order valence-corrected chi connectivity index (χ3v) is 4.13. The molecule has 2 aromatic rings. The molecule has 0 spiro atoms. The van der Waals surface area contributed by atoms with Gasteiger partial charge >= 0.3 is 5.97 Å². The van der Waals surface area contributed by atoms with Gasteiger partial charge in [-0.15, -0.1) is 0 Å². The van der Waals surface area contributed by atoms with Crippen LogP contribution in [-0.4, -0.2) is 17.0 Å². The molecular formula is C20H23NO3. The number of carbonyl (C=O) groups excluding carboxylic acids is 1. The van der Waals surface area contributed by atoms with Crippen LogP contribution in [0.1, 0.15) is 48.4 Å². The Labute approximate surface area is 142 Å². The van der Waals surface area contributed by atoms with Gasteiger partial charge in [0.2, 0.25) is 5.91 Å². The van der Waals surface area contributed by atoms with Gasteiger partial charge in [-0.3, -0.25) is 9.59 Å². The summed E-state index contributed by atoms with van der Waals surface area (Å²) in [6, 6.07) is 16.7. The van der Waals surface area contributed by atoms with E-state index in [2.05, 4.69) is 5.32 Å². The monoisotopic (exact) mass is 325 g/mol. The number of aliphatic carboxylic acids is 1. The lowest BCUT2D eigenvalue weighted by molar-refractivity contribution is -0.137. The second kappa shape index (κ2) is 8.29. The maximum absolute atomic E-state index is 12.4. The highest BCUT2D eigenvalue weighted by Crippen LogP contribution is 2.23. The molecule has 4 nitrogen and oxygen atoms in total. The molecule has 0 aliphatic heterocycles. The summed E-state index contributed by atoms with van der Waals surface area (Å²) in [5, 5.41) is 12.0. The van der Waals surface area contributed by atoms with Crippen LogP contribution in [0.2, 0.25) is 0 Å². The minimum absolute atomic E-state index is 0.0763. The molecule has 2 unspecified atom stereocenters. The van der Waals surface area contributed by atoms with Crippen LogP contribution in [0.4, 0.5) is 0 Å². The molecule has 0 saturated heterocycles. The van der Waals surface area contributed by atoms with Crippen molar-refractivity contribution in [3.63, 3.8) is 0 Å². The first-order valence-electron chi connectivity index (χ1n) is 8.09. The van der Waals surface area contributed by atoms with Gasteiger partial charge in [-0.1, -0.05) is 61.5 Å². The van der Waals surface area contributed by atoms with E-state index in [9.17, 15) is 9.59 Å². The van der Waals surface area contributed by atoms with E-state index < -0.39 is 12.0 Å². The second-order valence-corrected chi connectivity index (χ2v) is 6.09. The summed E-state index contributed by atoms with van der Waals surface area (Å²) in [5.41, 5.74) is 3.10. The molecule has 2 atom stereocenters. The standard InChI is InChI=1S/C20H23NO3/c1-14-8-6-7-11-17(14)15(2)12-19(22)21-18(13-20(23)24)16-9-4-3-5-10-16/h3-11,15,18H,12-13H2,1-2H3,(H,21,22)(H,23,24). The normalized spacial score (nSPS) is 13.1. The summed E-state index contributed by atoms with van der Waals surface area (Å²) in [6.45, 7) is 4.04. The molecule has 2 N–H and O–H groups in total. The van der Waals surface area contributed by atoms with Gasteiger partial charge in [-0.2, -0.15) is 0 Å². The maximum atomic E-state index is 12.4. The SMILES string of the molecule is Cc1ccccc1C(C)CC(=O)NC(CC(=O)O)c1ccccc1. The Hall–Kier alpha value is -2.62. The highest BCUT2D eigenvalue weighted by molar-refractivity contribution is 5.78. The lowest BCUT2D eigenvalue weighted by atomic mass is 9.93. The Kier molecular flexibility index (Phi) is 6.13. The Morgan fingerprint density at radius 3 is 2.25 bits per heavy atom. The van der Waals surface area contributed by atoms with Crippen molar-refractivity contribution in [2.75, 3.05) is 0 Å². The van der Waals surface area contributed by atoms with Crippen molar-refractivity contribution >= 4 is 11.9 Å². The fourth-order valence-electron chi connectivity index (χ4n) is 2.89. The summed E-state index contributed by atoms with van der Waals surface area (Å²) in [7, 11) is 0. The molecule has 2 rings (SSSR count). The van der Waals surface area contributed by atoms with E-state index in [-0.39, 0.29) is 18.2 Å². The van der Waals surface area contributed by atoms with Crippen LogP contribution >= 0.6 is 0 Å². The summed E-state index contributed by atoms with van der Waals surface area (Å²) < 4.78 is 0. The van der Waals surface area contributed by atoms with Crippen LogP contribution in [0, 0.1) is 6.92 Å². The second-order valence-electron chi connectivity index (χ2n) is 6.09. The van der Waals surface area contributed by atoms with Gasteiger partial charge in [0.15, 0.2) is 0 Å². The number of carbonyl (C=O) groups is 2. The number of hydrogen-bond donors (Lipinski definition) is 2. The van der Waals surface area contributed by atoms with Crippen LogP contribution in [-0.2, 0) is 9.59 Å². The first-order valence-corrected chi connectivity index (χ1v) is 8.09. The Morgan fingerprint density at radius 1 is 1.00 bits per heavy atom. The third kappa shape index (κ3) is 4.95. The van der Waals surface area contributed by atoms with Gasteiger partial charge < -0.3 is 10.4 Å². The van der Waals surface area contributed by atoms with Crippen LogP contribution in [0.25, 0.3) is 0 Å². The number of aryl methyl sites for hydroxylation is 1. The van der Waals surface area contributed by atoms with Crippen molar-refractivity contribution in [1.82, 2.24) is 5.32 Å². The van der Waals surface area contributed by atoms with Crippen molar-refractivity contribution in [2.45, 2.75) is 38.6 Å². The molecule has 0 bridgehead atoms. The summed E-state index contributed by atoms with van der Waals surface area (Å²) in [4.78, 5) is 23.5. The summed E-state index contributed by atoms with van der Waals surface area (Å²) >= 11 is 0. The molecule has 0 heterocycles. The highest BCUT2D eigenvalue weighted by Gasteiger charge is 2.20. The van der Waals surface area contributed by atoms with Gasteiger partial charge in [0.05, 0.1) is 12.5 Å². The molecule has 24 heavy (non-hydrogen) atoms. The highest BCUT2D eigenvalue weighted by atomic mass is 16.4. The van der Waals surface area contributed by atoms with Crippen LogP contribution < -0.4 is 5.32 Å². The van der Waals surface area contributed by atoms with Crippen LogP contribution in [0.3, 0.4) is 0 Å². The molecule has 0 aromatic heterocycles. The van der Waals surface area contributed by atoms with Crippen LogP contribution in [0.5, 0.6) is 0 Å². The molecule has 1 amide bonds. The average molecular weight is 325 g/mol. The Balaban J connectivity index is 2.05. The van der Waals surface area contributed by atoms with E-state index in [1.165, 1.54) is 0 Å². The molecule has 0 aliphatic carbocycles. The number of benzene rings is 2. The number of carboxylic acid groups (broad SMARTS) is 1. The fraction of sp³-hybridized carbons (Fsp3) is 0.300. The van der Waals surface area contributed by atoms with Gasteiger partial charge in [0, 0.05) is 6.42 Å². The number of hydrogen-bond acceptors (Lipinski definition) is 2. The third-order valence-electron chi connectivity index (χ3n) is 4.13. The number of nitrogens with one attached hydrogen (secondary N) is 1. The average Bonchev–Trinajstić information content (AvgIpc) is 2.55.